The van der Waals surface area contributed by atoms with Gasteiger partial charge in [0.25, 0.3) is 0 Å². The molecule has 24 heavy (non-hydrogen) atoms. The molecular weight excluding hydrogens is 325 g/mol. The van der Waals surface area contributed by atoms with Gasteiger partial charge in [0.15, 0.2) is 5.82 Å². The van der Waals surface area contributed by atoms with E-state index in [9.17, 15) is 4.39 Å². The first-order valence-corrected chi connectivity index (χ1v) is 8.96. The van der Waals surface area contributed by atoms with Crippen molar-refractivity contribution in [2.75, 3.05) is 18.4 Å². The van der Waals surface area contributed by atoms with Crippen LogP contribution >= 0.6 is 11.3 Å². The molecule has 0 fully saturated rings. The van der Waals surface area contributed by atoms with E-state index in [1.165, 1.54) is 35.5 Å². The Bertz CT molecular complexity index is 892. The second-order valence-electron chi connectivity index (χ2n) is 5.87. The highest BCUT2D eigenvalue weighted by Crippen LogP contribution is 2.39. The Balaban J connectivity index is 1.90. The zero-order valence-electron chi connectivity index (χ0n) is 13.2. The van der Waals surface area contributed by atoms with Crippen molar-refractivity contribution < 1.29 is 4.39 Å². The number of rotatable bonds is 4. The van der Waals surface area contributed by atoms with Crippen molar-refractivity contribution >= 4 is 27.4 Å². The maximum absolute atomic E-state index is 13.5. The van der Waals surface area contributed by atoms with Crippen molar-refractivity contribution in [3.05, 3.63) is 34.7 Å². The Hall–Kier alpha value is -2.12. The molecule has 0 saturated carbocycles. The molecule has 1 aliphatic rings. The number of nitrogens with two attached hydrogens (primary N) is 1. The van der Waals surface area contributed by atoms with Crippen LogP contribution in [0.3, 0.4) is 0 Å². The summed E-state index contributed by atoms with van der Waals surface area (Å²) in [5.74, 6) is 0.789. The van der Waals surface area contributed by atoms with E-state index in [1.54, 1.807) is 17.4 Å². The lowest BCUT2D eigenvalue weighted by atomic mass is 9.97. The number of thiophene rings is 1. The van der Waals surface area contributed by atoms with Crippen LogP contribution in [-0.4, -0.2) is 28.0 Å². The summed E-state index contributed by atoms with van der Waals surface area (Å²) in [4.78, 5) is 15.3. The molecule has 3 aromatic rings. The van der Waals surface area contributed by atoms with Crippen LogP contribution in [0.15, 0.2) is 18.3 Å². The molecule has 0 unspecified atom stereocenters. The highest BCUT2D eigenvalue weighted by atomic mass is 32.1. The molecule has 3 aromatic heterocycles. The minimum absolute atomic E-state index is 0.516. The summed E-state index contributed by atoms with van der Waals surface area (Å²) in [7, 11) is 0. The summed E-state index contributed by atoms with van der Waals surface area (Å²) >= 11 is 1.73. The molecule has 0 radical (unpaired) electrons. The van der Waals surface area contributed by atoms with Crippen LogP contribution < -0.4 is 11.1 Å². The molecule has 5 nitrogen and oxygen atoms in total. The van der Waals surface area contributed by atoms with E-state index in [1.807, 2.05) is 0 Å². The highest BCUT2D eigenvalue weighted by Gasteiger charge is 2.21. The molecule has 0 atom stereocenters. The second kappa shape index (κ2) is 6.41. The van der Waals surface area contributed by atoms with Crippen molar-refractivity contribution in [3.8, 4) is 11.4 Å². The number of fused-ring (bicyclic) bond motifs is 3. The van der Waals surface area contributed by atoms with Gasteiger partial charge in [0.05, 0.1) is 5.39 Å². The summed E-state index contributed by atoms with van der Waals surface area (Å²) in [6, 6.07) is 3.09. The monoisotopic (exact) mass is 343 g/mol. The fourth-order valence-corrected chi connectivity index (χ4v) is 4.41. The smallest absolute Gasteiger partial charge is 0.213 e. The molecule has 0 aromatic carbocycles. The normalized spacial score (nSPS) is 13.9. The second-order valence-corrected chi connectivity index (χ2v) is 6.95. The van der Waals surface area contributed by atoms with E-state index in [4.69, 9.17) is 10.7 Å². The number of nitrogens with one attached hydrogen (secondary N) is 1. The third-order valence-electron chi connectivity index (χ3n) is 4.24. The molecule has 0 saturated heterocycles. The predicted octanol–water partition coefficient (Wildman–Crippen LogP) is 3.14. The molecule has 7 heteroatoms. The Morgan fingerprint density at radius 1 is 1.25 bits per heavy atom. The molecular formula is C17H18FN5S. The van der Waals surface area contributed by atoms with Gasteiger partial charge in [0, 0.05) is 35.8 Å². The van der Waals surface area contributed by atoms with E-state index in [-0.39, 0.29) is 0 Å². The largest absolute Gasteiger partial charge is 0.368 e. The quantitative estimate of drug-likeness (QED) is 0.712. The highest BCUT2D eigenvalue weighted by molar-refractivity contribution is 7.19. The number of halogens is 1. The molecule has 0 bridgehead atoms. The van der Waals surface area contributed by atoms with Crippen molar-refractivity contribution in [1.29, 1.82) is 0 Å². The summed E-state index contributed by atoms with van der Waals surface area (Å²) in [5, 5.41) is 4.43. The standard InChI is InChI=1S/C17H18FN5S/c18-13-9-10(5-7-20-13)15-22-16(21-8-6-19)14-11-3-1-2-4-12(11)24-17(14)23-15/h5,7,9H,1-4,6,8,19H2,(H,21,22,23). The first-order chi connectivity index (χ1) is 11.8. The van der Waals surface area contributed by atoms with Crippen LogP contribution in [0.4, 0.5) is 10.2 Å². The molecule has 124 valence electrons. The Labute approximate surface area is 143 Å². The predicted molar refractivity (Wildman–Crippen MR) is 94.8 cm³/mol. The molecule has 3 N–H and O–H groups in total. The lowest BCUT2D eigenvalue weighted by molar-refractivity contribution is 0.584. The van der Waals surface area contributed by atoms with E-state index in [0.29, 0.717) is 24.5 Å². The SMILES string of the molecule is NCCNc1nc(-c2ccnc(F)c2)nc2sc3c(c12)CCCC3. The van der Waals surface area contributed by atoms with Crippen LogP contribution in [0, 0.1) is 5.95 Å². The number of pyridine rings is 1. The molecule has 3 heterocycles. The van der Waals surface area contributed by atoms with E-state index in [0.717, 1.165) is 28.9 Å². The third kappa shape index (κ3) is 2.74. The van der Waals surface area contributed by atoms with Crippen LogP contribution in [0.5, 0.6) is 0 Å². The maximum atomic E-state index is 13.5. The van der Waals surface area contributed by atoms with E-state index >= 15 is 0 Å². The number of hydrogen-bond donors (Lipinski definition) is 2. The lowest BCUT2D eigenvalue weighted by Gasteiger charge is -2.13. The Morgan fingerprint density at radius 2 is 2.12 bits per heavy atom. The zero-order chi connectivity index (χ0) is 16.5. The number of aryl methyl sites for hydroxylation is 2. The van der Waals surface area contributed by atoms with Crippen LogP contribution in [0.1, 0.15) is 23.3 Å². The fraction of sp³-hybridized carbons (Fsp3) is 0.353. The van der Waals surface area contributed by atoms with E-state index in [2.05, 4.69) is 15.3 Å². The fourth-order valence-electron chi connectivity index (χ4n) is 3.15. The Morgan fingerprint density at radius 3 is 2.96 bits per heavy atom. The first kappa shape index (κ1) is 15.4. The minimum atomic E-state index is -0.530. The zero-order valence-corrected chi connectivity index (χ0v) is 14.0. The van der Waals surface area contributed by atoms with Crippen LogP contribution in [-0.2, 0) is 12.8 Å². The van der Waals surface area contributed by atoms with Crippen LogP contribution in [0.25, 0.3) is 21.6 Å². The van der Waals surface area contributed by atoms with E-state index < -0.39 is 5.95 Å². The molecule has 4 rings (SSSR count). The number of anilines is 1. The van der Waals surface area contributed by atoms with Gasteiger partial charge in [-0.25, -0.2) is 15.0 Å². The van der Waals surface area contributed by atoms with Crippen LogP contribution in [0.2, 0.25) is 0 Å². The van der Waals surface area contributed by atoms with Gasteiger partial charge >= 0.3 is 0 Å². The number of hydrogen-bond acceptors (Lipinski definition) is 6. The van der Waals surface area contributed by atoms with Gasteiger partial charge in [-0.05, 0) is 37.3 Å². The van der Waals surface area contributed by atoms with Gasteiger partial charge in [-0.15, -0.1) is 11.3 Å². The van der Waals surface area contributed by atoms with Gasteiger partial charge in [-0.3, -0.25) is 0 Å². The number of nitrogens with zero attached hydrogens (tertiary/aromatic N) is 3. The molecule has 0 aliphatic heterocycles. The van der Waals surface area contributed by atoms with Gasteiger partial charge < -0.3 is 11.1 Å². The topological polar surface area (TPSA) is 76.7 Å². The average Bonchev–Trinajstić information content (AvgIpc) is 2.98. The van der Waals surface area contributed by atoms with Gasteiger partial charge in [-0.2, -0.15) is 4.39 Å². The summed E-state index contributed by atoms with van der Waals surface area (Å²) < 4.78 is 13.5. The summed E-state index contributed by atoms with van der Waals surface area (Å²) in [6.07, 6.45) is 6.03. The van der Waals surface area contributed by atoms with Gasteiger partial charge in [0.1, 0.15) is 10.6 Å². The Kier molecular flexibility index (Phi) is 4.12. The lowest BCUT2D eigenvalue weighted by Crippen LogP contribution is -2.15. The average molecular weight is 343 g/mol. The summed E-state index contributed by atoms with van der Waals surface area (Å²) in [6.45, 7) is 1.16. The van der Waals surface area contributed by atoms with Crippen molar-refractivity contribution in [2.24, 2.45) is 5.73 Å². The molecule has 1 aliphatic carbocycles. The van der Waals surface area contributed by atoms with Crippen molar-refractivity contribution in [1.82, 2.24) is 15.0 Å². The minimum Gasteiger partial charge on any atom is -0.368 e. The van der Waals surface area contributed by atoms with Crippen molar-refractivity contribution in [2.45, 2.75) is 25.7 Å². The number of aromatic nitrogens is 3. The molecule has 0 spiro atoms. The van der Waals surface area contributed by atoms with Gasteiger partial charge in [0.2, 0.25) is 5.95 Å². The van der Waals surface area contributed by atoms with Gasteiger partial charge in [-0.1, -0.05) is 0 Å². The maximum Gasteiger partial charge on any atom is 0.213 e. The van der Waals surface area contributed by atoms with Crippen molar-refractivity contribution in [3.63, 3.8) is 0 Å². The third-order valence-corrected chi connectivity index (χ3v) is 5.42. The molecule has 0 amide bonds. The first-order valence-electron chi connectivity index (χ1n) is 8.14. The summed E-state index contributed by atoms with van der Waals surface area (Å²) in [5.41, 5.74) is 7.64.